The molecular formula is C25H23FN4O3S. The fraction of sp³-hybridized carbons (Fsp3) is 0.280. The van der Waals surface area contributed by atoms with Gasteiger partial charge < -0.3 is 14.8 Å². The van der Waals surface area contributed by atoms with E-state index in [1.807, 2.05) is 30.4 Å². The number of hydrogen-bond donors (Lipinski definition) is 1. The number of nitrogens with one attached hydrogen (secondary N) is 1. The van der Waals surface area contributed by atoms with Crippen LogP contribution in [0.4, 0.5) is 4.39 Å². The Morgan fingerprint density at radius 3 is 3.00 bits per heavy atom. The highest BCUT2D eigenvalue weighted by Crippen LogP contribution is 2.27. The second-order valence-corrected chi connectivity index (χ2v) is 9.09. The Hall–Kier alpha value is -3.27. The number of pyridine rings is 2. The third-order valence-corrected chi connectivity index (χ3v) is 6.62. The van der Waals surface area contributed by atoms with E-state index in [-0.39, 0.29) is 16.9 Å². The summed E-state index contributed by atoms with van der Waals surface area (Å²) in [6.45, 7) is 1.17. The van der Waals surface area contributed by atoms with Crippen LogP contribution in [0.25, 0.3) is 27.3 Å². The summed E-state index contributed by atoms with van der Waals surface area (Å²) in [4.78, 5) is 25.0. The summed E-state index contributed by atoms with van der Waals surface area (Å²) in [7, 11) is 1.52. The SMILES string of the molecule is COc1cc(F)c2nccc(C=CC3CCC(NCc4ccc5ncc(=O)sc5n4)CO3)c2c1. The lowest BCUT2D eigenvalue weighted by Crippen LogP contribution is -2.39. The maximum absolute atomic E-state index is 14.3. The fourth-order valence-corrected chi connectivity index (χ4v) is 4.69. The van der Waals surface area contributed by atoms with Gasteiger partial charge in [0.05, 0.1) is 37.2 Å². The highest BCUT2D eigenvalue weighted by atomic mass is 32.1. The van der Waals surface area contributed by atoms with Crippen molar-refractivity contribution in [3.8, 4) is 5.75 Å². The van der Waals surface area contributed by atoms with Crippen molar-refractivity contribution in [2.75, 3.05) is 13.7 Å². The van der Waals surface area contributed by atoms with Crippen LogP contribution in [0, 0.1) is 5.82 Å². The quantitative estimate of drug-likeness (QED) is 0.447. The van der Waals surface area contributed by atoms with E-state index in [2.05, 4.69) is 20.3 Å². The Bertz CT molecular complexity index is 1420. The number of ether oxygens (including phenoxy) is 2. The zero-order valence-corrected chi connectivity index (χ0v) is 19.3. The van der Waals surface area contributed by atoms with E-state index < -0.39 is 5.82 Å². The Labute approximate surface area is 199 Å². The lowest BCUT2D eigenvalue weighted by atomic mass is 10.0. The number of halogens is 1. The van der Waals surface area contributed by atoms with E-state index in [4.69, 9.17) is 9.47 Å². The van der Waals surface area contributed by atoms with E-state index in [1.54, 1.807) is 12.3 Å². The van der Waals surface area contributed by atoms with Crippen LogP contribution in [0.2, 0.25) is 0 Å². The van der Waals surface area contributed by atoms with Gasteiger partial charge in [-0.15, -0.1) is 0 Å². The molecule has 0 radical (unpaired) electrons. The van der Waals surface area contributed by atoms with Gasteiger partial charge in [-0.1, -0.05) is 23.5 Å². The predicted molar refractivity (Wildman–Crippen MR) is 131 cm³/mol. The normalized spacial score (nSPS) is 18.6. The molecule has 174 valence electrons. The summed E-state index contributed by atoms with van der Waals surface area (Å²) in [5, 5.41) is 4.19. The van der Waals surface area contributed by atoms with Crippen LogP contribution in [-0.4, -0.2) is 40.8 Å². The second-order valence-electron chi connectivity index (χ2n) is 8.10. The van der Waals surface area contributed by atoms with Gasteiger partial charge in [-0.2, -0.15) is 0 Å². The molecule has 0 spiro atoms. The molecule has 4 heterocycles. The topological polar surface area (TPSA) is 86.2 Å². The van der Waals surface area contributed by atoms with E-state index in [0.29, 0.717) is 34.6 Å². The number of aromatic nitrogens is 3. The molecule has 9 heteroatoms. The first-order valence-electron chi connectivity index (χ1n) is 11.0. The van der Waals surface area contributed by atoms with Crippen molar-refractivity contribution in [2.24, 2.45) is 0 Å². The number of benzene rings is 1. The van der Waals surface area contributed by atoms with Crippen LogP contribution in [0.5, 0.6) is 5.75 Å². The van der Waals surface area contributed by atoms with Crippen molar-refractivity contribution in [3.63, 3.8) is 0 Å². The molecule has 1 aliphatic rings. The van der Waals surface area contributed by atoms with Crippen molar-refractivity contribution < 1.29 is 13.9 Å². The van der Waals surface area contributed by atoms with Crippen LogP contribution in [-0.2, 0) is 11.3 Å². The summed E-state index contributed by atoms with van der Waals surface area (Å²) in [5.74, 6) is 0.0561. The van der Waals surface area contributed by atoms with E-state index in [9.17, 15) is 9.18 Å². The first kappa shape index (κ1) is 22.5. The average Bonchev–Trinajstić information content (AvgIpc) is 2.86. The Morgan fingerprint density at radius 2 is 2.18 bits per heavy atom. The second kappa shape index (κ2) is 9.92. The van der Waals surface area contributed by atoms with Crippen molar-refractivity contribution in [2.45, 2.75) is 31.5 Å². The number of nitrogens with zero attached hydrogens (tertiary/aromatic N) is 3. The molecular weight excluding hydrogens is 455 g/mol. The molecule has 7 nitrogen and oxygen atoms in total. The van der Waals surface area contributed by atoms with Gasteiger partial charge in [-0.25, -0.2) is 14.4 Å². The lowest BCUT2D eigenvalue weighted by Gasteiger charge is -2.28. The molecule has 1 fully saturated rings. The summed E-state index contributed by atoms with van der Waals surface area (Å²) in [6.07, 6.45) is 8.71. The van der Waals surface area contributed by atoms with Gasteiger partial charge in [0.1, 0.15) is 16.1 Å². The summed E-state index contributed by atoms with van der Waals surface area (Å²) in [6, 6.07) is 9.01. The Balaban J connectivity index is 1.19. The summed E-state index contributed by atoms with van der Waals surface area (Å²) in [5.41, 5.74) is 2.78. The molecule has 0 amide bonds. The molecule has 1 aliphatic heterocycles. The molecule has 5 rings (SSSR count). The number of hydrogen-bond acceptors (Lipinski definition) is 8. The van der Waals surface area contributed by atoms with E-state index >= 15 is 0 Å². The zero-order valence-electron chi connectivity index (χ0n) is 18.5. The Morgan fingerprint density at radius 1 is 1.26 bits per heavy atom. The minimum absolute atomic E-state index is 0.0149. The molecule has 0 aliphatic carbocycles. The van der Waals surface area contributed by atoms with Crippen LogP contribution in [0.15, 0.2) is 53.6 Å². The monoisotopic (exact) mass is 478 g/mol. The molecule has 0 saturated carbocycles. The molecule has 34 heavy (non-hydrogen) atoms. The molecule has 4 aromatic rings. The maximum atomic E-state index is 14.3. The van der Waals surface area contributed by atoms with Crippen molar-refractivity contribution in [1.29, 1.82) is 0 Å². The largest absolute Gasteiger partial charge is 0.497 e. The molecule has 1 saturated heterocycles. The van der Waals surface area contributed by atoms with Gasteiger partial charge in [0.15, 0.2) is 5.82 Å². The predicted octanol–water partition coefficient (Wildman–Crippen LogP) is 4.10. The van der Waals surface area contributed by atoms with Gasteiger partial charge >= 0.3 is 0 Å². The summed E-state index contributed by atoms with van der Waals surface area (Å²) >= 11 is 1.10. The average molecular weight is 479 g/mol. The maximum Gasteiger partial charge on any atom is 0.252 e. The minimum Gasteiger partial charge on any atom is -0.497 e. The first-order chi connectivity index (χ1) is 16.6. The summed E-state index contributed by atoms with van der Waals surface area (Å²) < 4.78 is 25.5. The zero-order chi connectivity index (χ0) is 23.5. The van der Waals surface area contributed by atoms with Gasteiger partial charge in [0.25, 0.3) is 4.74 Å². The van der Waals surface area contributed by atoms with Crippen molar-refractivity contribution in [3.05, 3.63) is 75.4 Å². The number of methoxy groups -OCH3 is 1. The highest BCUT2D eigenvalue weighted by molar-refractivity contribution is 7.15. The number of fused-ring (bicyclic) bond motifs is 2. The fourth-order valence-electron chi connectivity index (χ4n) is 4.00. The molecule has 1 aromatic carbocycles. The molecule has 2 atom stereocenters. The molecule has 3 aromatic heterocycles. The lowest BCUT2D eigenvalue weighted by molar-refractivity contribution is 0.0251. The van der Waals surface area contributed by atoms with Crippen molar-refractivity contribution >= 4 is 38.7 Å². The number of rotatable bonds is 6. The third kappa shape index (κ3) is 4.96. The van der Waals surface area contributed by atoms with Crippen molar-refractivity contribution in [1.82, 2.24) is 20.3 Å². The van der Waals surface area contributed by atoms with Gasteiger partial charge in [-0.05, 0) is 42.7 Å². The van der Waals surface area contributed by atoms with Crippen LogP contribution in [0.3, 0.4) is 0 Å². The van der Waals surface area contributed by atoms with Crippen LogP contribution in [0.1, 0.15) is 24.1 Å². The highest BCUT2D eigenvalue weighted by Gasteiger charge is 2.20. The van der Waals surface area contributed by atoms with Crippen LogP contribution >= 0.6 is 11.3 Å². The Kier molecular flexibility index (Phi) is 6.57. The molecule has 2 unspecified atom stereocenters. The van der Waals surface area contributed by atoms with Crippen LogP contribution < -0.4 is 14.8 Å². The van der Waals surface area contributed by atoms with Gasteiger partial charge in [-0.3, -0.25) is 9.78 Å². The van der Waals surface area contributed by atoms with E-state index in [0.717, 1.165) is 41.0 Å². The standard InChI is InChI=1S/C25H23FN4O3S/c1-32-19-10-20-15(8-9-27-24(20)21(26)11-19)2-5-18-6-3-17(14-33-18)28-12-16-4-7-22-25(30-16)34-23(31)13-29-22/h2,4-5,7-11,13,17-18,28H,3,6,12,14H2,1H3. The minimum atomic E-state index is -0.404. The molecule has 0 bridgehead atoms. The van der Waals surface area contributed by atoms with Gasteiger partial charge in [0.2, 0.25) is 0 Å². The van der Waals surface area contributed by atoms with E-state index in [1.165, 1.54) is 19.4 Å². The first-order valence-corrected chi connectivity index (χ1v) is 11.8. The smallest absolute Gasteiger partial charge is 0.252 e. The third-order valence-electron chi connectivity index (χ3n) is 5.82. The molecule has 1 N–H and O–H groups in total. The van der Waals surface area contributed by atoms with Gasteiger partial charge in [0, 0.05) is 30.2 Å².